The van der Waals surface area contributed by atoms with E-state index in [1.165, 1.54) is 11.9 Å². The number of hydrogen-bond donors (Lipinski definition) is 2. The molecule has 0 aliphatic heterocycles. The molecule has 0 bridgehead atoms. The van der Waals surface area contributed by atoms with Crippen LogP contribution in [0.2, 0.25) is 0 Å². The molecule has 0 saturated carbocycles. The molecule has 0 aliphatic carbocycles. The zero-order valence-electron chi connectivity index (χ0n) is 11.6. The normalized spacial score (nSPS) is 11.2. The van der Waals surface area contributed by atoms with Gasteiger partial charge in [-0.2, -0.15) is 0 Å². The van der Waals surface area contributed by atoms with Crippen molar-refractivity contribution in [3.05, 3.63) is 40.6 Å². The fourth-order valence-corrected chi connectivity index (χ4v) is 2.06. The highest BCUT2D eigenvalue weighted by molar-refractivity contribution is 9.10. The van der Waals surface area contributed by atoms with Crippen molar-refractivity contribution in [3.8, 4) is 11.6 Å². The first-order chi connectivity index (χ1) is 9.41. The molecule has 0 atom stereocenters. The number of benzene rings is 1. The van der Waals surface area contributed by atoms with Crippen LogP contribution in [-0.2, 0) is 5.41 Å². The summed E-state index contributed by atoms with van der Waals surface area (Å²) in [5, 5.41) is 0. The Balaban J connectivity index is 2.31. The van der Waals surface area contributed by atoms with Crippen molar-refractivity contribution < 1.29 is 4.74 Å². The molecule has 0 unspecified atom stereocenters. The van der Waals surface area contributed by atoms with Crippen LogP contribution in [0.1, 0.15) is 26.3 Å². The molecule has 1 aromatic heterocycles. The molecule has 20 heavy (non-hydrogen) atoms. The minimum absolute atomic E-state index is 0.0618. The molecule has 5 nitrogen and oxygen atoms in total. The van der Waals surface area contributed by atoms with Gasteiger partial charge in [-0.25, -0.2) is 15.8 Å². The summed E-state index contributed by atoms with van der Waals surface area (Å²) in [6.45, 7) is 6.47. The molecule has 3 N–H and O–H groups in total. The quantitative estimate of drug-likeness (QED) is 0.661. The summed E-state index contributed by atoms with van der Waals surface area (Å²) >= 11 is 3.36. The van der Waals surface area contributed by atoms with Crippen LogP contribution in [0.4, 0.5) is 5.82 Å². The van der Waals surface area contributed by atoms with E-state index in [0.29, 0.717) is 16.2 Å². The van der Waals surface area contributed by atoms with E-state index in [2.05, 4.69) is 58.2 Å². The van der Waals surface area contributed by atoms with E-state index in [-0.39, 0.29) is 5.41 Å². The van der Waals surface area contributed by atoms with Crippen molar-refractivity contribution in [2.75, 3.05) is 5.43 Å². The minimum Gasteiger partial charge on any atom is -0.438 e. The lowest BCUT2D eigenvalue weighted by molar-refractivity contribution is 0.455. The summed E-state index contributed by atoms with van der Waals surface area (Å²) in [6, 6.07) is 7.94. The molecule has 2 rings (SSSR count). The Hall–Kier alpha value is -1.66. The summed E-state index contributed by atoms with van der Waals surface area (Å²) in [6.07, 6.45) is 1.39. The Morgan fingerprint density at radius 3 is 2.65 bits per heavy atom. The molecule has 0 spiro atoms. The number of nitrogens with two attached hydrogens (primary N) is 1. The lowest BCUT2D eigenvalue weighted by Gasteiger charge is -2.19. The van der Waals surface area contributed by atoms with Crippen LogP contribution in [0.3, 0.4) is 0 Å². The lowest BCUT2D eigenvalue weighted by Crippen LogP contribution is -2.11. The van der Waals surface area contributed by atoms with Crippen LogP contribution in [0.5, 0.6) is 11.6 Å². The highest BCUT2D eigenvalue weighted by Gasteiger charge is 2.15. The second kappa shape index (κ2) is 5.76. The van der Waals surface area contributed by atoms with Gasteiger partial charge in [0, 0.05) is 0 Å². The third-order valence-corrected chi connectivity index (χ3v) is 3.52. The van der Waals surface area contributed by atoms with Gasteiger partial charge < -0.3 is 10.2 Å². The molecule has 0 aliphatic rings. The van der Waals surface area contributed by atoms with Gasteiger partial charge in [-0.15, -0.1) is 0 Å². The average molecular weight is 337 g/mol. The number of hydrogen-bond acceptors (Lipinski definition) is 5. The number of hydrazine groups is 1. The molecule has 6 heteroatoms. The van der Waals surface area contributed by atoms with Crippen LogP contribution >= 0.6 is 15.9 Å². The van der Waals surface area contributed by atoms with Gasteiger partial charge >= 0.3 is 0 Å². The predicted octanol–water partition coefficient (Wildman–Crippen LogP) is 3.61. The van der Waals surface area contributed by atoms with Crippen LogP contribution < -0.4 is 16.0 Å². The Labute approximate surface area is 126 Å². The average Bonchev–Trinajstić information content (AvgIpc) is 2.40. The molecular weight excluding hydrogens is 320 g/mol. The highest BCUT2D eigenvalue weighted by Crippen LogP contribution is 2.33. The maximum absolute atomic E-state index is 5.79. The number of anilines is 1. The first-order valence-electron chi connectivity index (χ1n) is 6.17. The van der Waals surface area contributed by atoms with Gasteiger partial charge in [-0.1, -0.05) is 32.9 Å². The number of rotatable bonds is 3. The van der Waals surface area contributed by atoms with Crippen molar-refractivity contribution in [3.63, 3.8) is 0 Å². The lowest BCUT2D eigenvalue weighted by atomic mass is 9.87. The smallest absolute Gasteiger partial charge is 0.238 e. The first-order valence-corrected chi connectivity index (χ1v) is 6.96. The van der Waals surface area contributed by atoms with Crippen molar-refractivity contribution in [2.24, 2.45) is 5.84 Å². The fourth-order valence-electron chi connectivity index (χ4n) is 1.66. The first kappa shape index (κ1) is 14.7. The Bertz CT molecular complexity index is 610. The van der Waals surface area contributed by atoms with Gasteiger partial charge in [0.05, 0.1) is 0 Å². The topological polar surface area (TPSA) is 73.1 Å². The van der Waals surface area contributed by atoms with Gasteiger partial charge in [0.15, 0.2) is 5.82 Å². The maximum Gasteiger partial charge on any atom is 0.238 e. The van der Waals surface area contributed by atoms with E-state index in [1.54, 1.807) is 0 Å². The van der Waals surface area contributed by atoms with Crippen LogP contribution in [0, 0.1) is 0 Å². The van der Waals surface area contributed by atoms with Crippen molar-refractivity contribution in [2.45, 2.75) is 26.2 Å². The fraction of sp³-hybridized carbons (Fsp3) is 0.286. The van der Waals surface area contributed by atoms with Crippen LogP contribution in [0.15, 0.2) is 35.1 Å². The number of nitrogens with zero attached hydrogens (tertiary/aromatic N) is 2. The van der Waals surface area contributed by atoms with Crippen molar-refractivity contribution in [1.82, 2.24) is 9.97 Å². The van der Waals surface area contributed by atoms with E-state index in [0.717, 1.165) is 5.75 Å². The number of halogens is 1. The number of ether oxygens (including phenoxy) is 1. The highest BCUT2D eigenvalue weighted by atomic mass is 79.9. The Morgan fingerprint density at radius 2 is 2.00 bits per heavy atom. The van der Waals surface area contributed by atoms with Crippen LogP contribution in [0.25, 0.3) is 0 Å². The molecule has 2 aromatic rings. The predicted molar refractivity (Wildman–Crippen MR) is 82.8 cm³/mol. The summed E-state index contributed by atoms with van der Waals surface area (Å²) in [7, 11) is 0. The third-order valence-electron chi connectivity index (χ3n) is 2.81. The number of nitrogen functional groups attached to an aromatic ring is 1. The molecule has 0 amide bonds. The van der Waals surface area contributed by atoms with Crippen molar-refractivity contribution >= 4 is 21.7 Å². The van der Waals surface area contributed by atoms with E-state index in [1.807, 2.05) is 18.2 Å². The Kier molecular flexibility index (Phi) is 4.25. The van der Waals surface area contributed by atoms with Gasteiger partial charge in [-0.3, -0.25) is 0 Å². The number of aromatic nitrogens is 2. The van der Waals surface area contributed by atoms with E-state index in [9.17, 15) is 0 Å². The summed E-state index contributed by atoms with van der Waals surface area (Å²) in [5.41, 5.74) is 3.73. The van der Waals surface area contributed by atoms with E-state index >= 15 is 0 Å². The molecule has 1 aromatic carbocycles. The second-order valence-corrected chi connectivity index (χ2v) is 6.16. The van der Waals surface area contributed by atoms with Crippen molar-refractivity contribution in [1.29, 1.82) is 0 Å². The third kappa shape index (κ3) is 3.26. The molecular formula is C14H17BrN4O. The summed E-state index contributed by atoms with van der Waals surface area (Å²) in [4.78, 5) is 8.08. The zero-order chi connectivity index (χ0) is 14.8. The van der Waals surface area contributed by atoms with Gasteiger partial charge in [0.2, 0.25) is 5.88 Å². The van der Waals surface area contributed by atoms with E-state index < -0.39 is 0 Å². The maximum atomic E-state index is 5.79. The SMILES string of the molecule is CC(C)(C)c1cccc(Oc2ncnc(NN)c2Br)c1. The molecule has 1 heterocycles. The standard InChI is InChI=1S/C14H17BrN4O/c1-14(2,3)9-5-4-6-10(7-9)20-13-11(15)12(19-16)17-8-18-13/h4-8H,16H2,1-3H3,(H,17,18,19). The zero-order valence-corrected chi connectivity index (χ0v) is 13.2. The van der Waals surface area contributed by atoms with Gasteiger partial charge in [-0.05, 0) is 39.0 Å². The largest absolute Gasteiger partial charge is 0.438 e. The van der Waals surface area contributed by atoms with Crippen LogP contribution in [-0.4, -0.2) is 9.97 Å². The monoisotopic (exact) mass is 336 g/mol. The summed E-state index contributed by atoms with van der Waals surface area (Å²) in [5.74, 6) is 6.98. The summed E-state index contributed by atoms with van der Waals surface area (Å²) < 4.78 is 6.38. The Morgan fingerprint density at radius 1 is 1.25 bits per heavy atom. The molecule has 0 saturated heterocycles. The minimum atomic E-state index is 0.0618. The van der Waals surface area contributed by atoms with Gasteiger partial charge in [0.25, 0.3) is 0 Å². The number of nitrogens with one attached hydrogen (secondary N) is 1. The van der Waals surface area contributed by atoms with E-state index in [4.69, 9.17) is 10.6 Å². The molecule has 106 valence electrons. The second-order valence-electron chi connectivity index (χ2n) is 5.37. The molecule has 0 radical (unpaired) electrons. The molecule has 0 fully saturated rings. The van der Waals surface area contributed by atoms with Gasteiger partial charge in [0.1, 0.15) is 16.5 Å².